The summed E-state index contributed by atoms with van der Waals surface area (Å²) in [4.78, 5) is 17.9. The average Bonchev–Trinajstić information content (AvgIpc) is 3.01. The van der Waals surface area contributed by atoms with Crippen molar-refractivity contribution in [1.29, 1.82) is 0 Å². The molecule has 0 amide bonds. The minimum atomic E-state index is -0.375. The molecule has 8 nitrogen and oxygen atoms in total. The number of nitro groups is 1. The second-order valence-corrected chi connectivity index (χ2v) is 6.87. The SMILES string of the molecule is COc1ccc2nc3c([N+](=O)[O-])ccc4c3c(c2c1)NN4CCCN(C)C. The predicted molar refractivity (Wildman–Crippen MR) is 107 cm³/mol. The van der Waals surface area contributed by atoms with E-state index in [1.54, 1.807) is 13.2 Å². The van der Waals surface area contributed by atoms with Crippen LogP contribution in [0.4, 0.5) is 17.1 Å². The van der Waals surface area contributed by atoms with Gasteiger partial charge in [-0.3, -0.25) is 20.5 Å². The third-order valence-electron chi connectivity index (χ3n) is 4.81. The fourth-order valence-electron chi connectivity index (χ4n) is 3.53. The number of nitrogens with one attached hydrogen (secondary N) is 1. The van der Waals surface area contributed by atoms with E-state index < -0.39 is 0 Å². The van der Waals surface area contributed by atoms with Crippen LogP contribution in [0, 0.1) is 10.1 Å². The maximum absolute atomic E-state index is 11.5. The molecule has 0 saturated carbocycles. The van der Waals surface area contributed by atoms with E-state index >= 15 is 0 Å². The standard InChI is InChI=1S/C19H21N5O3/c1-22(2)9-4-10-23-15-7-8-16(24(25)26)19-17(15)18(21-23)13-11-12(27-3)5-6-14(13)20-19/h5-8,11,21H,4,9-10H2,1-3H3. The van der Waals surface area contributed by atoms with Gasteiger partial charge in [-0.25, -0.2) is 4.98 Å². The highest BCUT2D eigenvalue weighted by atomic mass is 16.6. The fraction of sp³-hybridized carbons (Fsp3) is 0.316. The van der Waals surface area contributed by atoms with Gasteiger partial charge in [0.05, 0.1) is 34.3 Å². The second-order valence-electron chi connectivity index (χ2n) is 6.87. The molecule has 2 aromatic carbocycles. The third kappa shape index (κ3) is 2.87. The van der Waals surface area contributed by atoms with Crippen LogP contribution in [0.1, 0.15) is 6.42 Å². The number of aromatic nitrogens is 1. The van der Waals surface area contributed by atoms with E-state index in [4.69, 9.17) is 4.74 Å². The summed E-state index contributed by atoms with van der Waals surface area (Å²) < 4.78 is 5.35. The van der Waals surface area contributed by atoms with Crippen molar-refractivity contribution in [3.05, 3.63) is 40.4 Å². The molecule has 8 heteroatoms. The summed E-state index contributed by atoms with van der Waals surface area (Å²) in [7, 11) is 5.70. The highest BCUT2D eigenvalue weighted by Gasteiger charge is 2.28. The van der Waals surface area contributed by atoms with Crippen molar-refractivity contribution in [2.24, 2.45) is 0 Å². The van der Waals surface area contributed by atoms with Crippen LogP contribution in [-0.4, -0.2) is 49.1 Å². The van der Waals surface area contributed by atoms with E-state index in [1.807, 2.05) is 37.3 Å². The summed E-state index contributed by atoms with van der Waals surface area (Å²) >= 11 is 0. The Morgan fingerprint density at radius 3 is 2.81 bits per heavy atom. The largest absolute Gasteiger partial charge is 0.497 e. The van der Waals surface area contributed by atoms with Gasteiger partial charge in [-0.05, 0) is 51.3 Å². The van der Waals surface area contributed by atoms with Gasteiger partial charge in [0.2, 0.25) is 0 Å². The number of benzene rings is 2. The first kappa shape index (κ1) is 17.3. The van der Waals surface area contributed by atoms with E-state index in [1.165, 1.54) is 6.07 Å². The number of hydrazine groups is 1. The Morgan fingerprint density at radius 2 is 2.11 bits per heavy atom. The number of hydrogen-bond acceptors (Lipinski definition) is 7. The number of fused-ring (bicyclic) bond motifs is 2. The average molecular weight is 367 g/mol. The van der Waals surface area contributed by atoms with Gasteiger partial charge in [-0.1, -0.05) is 0 Å². The number of methoxy groups -OCH3 is 1. The Hall–Kier alpha value is -3.13. The first-order valence-corrected chi connectivity index (χ1v) is 8.77. The van der Waals surface area contributed by atoms with Gasteiger partial charge in [0.25, 0.3) is 5.69 Å². The highest BCUT2D eigenvalue weighted by Crippen LogP contribution is 2.45. The minimum absolute atomic E-state index is 0.0182. The van der Waals surface area contributed by atoms with Gasteiger partial charge in [0.1, 0.15) is 5.75 Å². The molecule has 0 aliphatic carbocycles. The molecule has 0 bridgehead atoms. The lowest BCUT2D eigenvalue weighted by molar-refractivity contribution is -0.383. The van der Waals surface area contributed by atoms with Gasteiger partial charge < -0.3 is 9.64 Å². The van der Waals surface area contributed by atoms with Crippen molar-refractivity contribution in [2.75, 3.05) is 44.7 Å². The van der Waals surface area contributed by atoms with Crippen LogP contribution in [0.2, 0.25) is 0 Å². The molecule has 3 aromatic rings. The summed E-state index contributed by atoms with van der Waals surface area (Å²) in [6.45, 7) is 1.74. The van der Waals surface area contributed by atoms with Gasteiger partial charge in [0, 0.05) is 18.0 Å². The summed E-state index contributed by atoms with van der Waals surface area (Å²) in [5.41, 5.74) is 6.33. The lowest BCUT2D eigenvalue weighted by atomic mass is 10.1. The van der Waals surface area contributed by atoms with Crippen LogP contribution < -0.4 is 15.2 Å². The summed E-state index contributed by atoms with van der Waals surface area (Å²) in [5.74, 6) is 0.722. The van der Waals surface area contributed by atoms with Crippen LogP contribution in [0.15, 0.2) is 30.3 Å². The fourth-order valence-corrected chi connectivity index (χ4v) is 3.53. The van der Waals surface area contributed by atoms with Crippen LogP contribution >= 0.6 is 0 Å². The molecule has 0 saturated heterocycles. The van der Waals surface area contributed by atoms with Crippen LogP contribution in [-0.2, 0) is 0 Å². The summed E-state index contributed by atoms with van der Waals surface area (Å²) in [5, 5.41) is 15.3. The molecule has 1 aliphatic heterocycles. The maximum Gasteiger partial charge on any atom is 0.295 e. The maximum atomic E-state index is 11.5. The number of rotatable bonds is 6. The monoisotopic (exact) mass is 367 g/mol. The van der Waals surface area contributed by atoms with E-state index in [0.29, 0.717) is 11.0 Å². The molecule has 0 atom stereocenters. The highest BCUT2D eigenvalue weighted by molar-refractivity contribution is 6.18. The Morgan fingerprint density at radius 1 is 1.30 bits per heavy atom. The van der Waals surface area contributed by atoms with Crippen LogP contribution in [0.5, 0.6) is 5.75 Å². The number of nitrogens with zero attached hydrogens (tertiary/aromatic N) is 4. The number of hydrogen-bond donors (Lipinski definition) is 1. The van der Waals surface area contributed by atoms with Crippen molar-refractivity contribution < 1.29 is 9.66 Å². The smallest absolute Gasteiger partial charge is 0.295 e. The predicted octanol–water partition coefficient (Wildman–Crippen LogP) is 3.40. The Kier molecular flexibility index (Phi) is 4.19. The molecule has 4 rings (SSSR count). The van der Waals surface area contributed by atoms with Gasteiger partial charge in [0.15, 0.2) is 5.52 Å². The molecule has 0 spiro atoms. The molecule has 0 unspecified atom stereocenters. The quantitative estimate of drug-likeness (QED) is 0.406. The Labute approximate surface area is 156 Å². The number of anilines is 2. The minimum Gasteiger partial charge on any atom is -0.497 e. The van der Waals surface area contributed by atoms with E-state index in [0.717, 1.165) is 47.4 Å². The number of non-ortho nitro benzene ring substituents is 1. The lowest BCUT2D eigenvalue weighted by Gasteiger charge is -2.21. The first-order valence-electron chi connectivity index (χ1n) is 8.77. The second kappa shape index (κ2) is 6.55. The van der Waals surface area contributed by atoms with Gasteiger partial charge in [-0.2, -0.15) is 0 Å². The molecular formula is C19H21N5O3. The summed E-state index contributed by atoms with van der Waals surface area (Å²) in [6, 6.07) is 8.89. The van der Waals surface area contributed by atoms with Gasteiger partial charge in [-0.15, -0.1) is 0 Å². The van der Waals surface area contributed by atoms with Crippen LogP contribution in [0.3, 0.4) is 0 Å². The van der Waals surface area contributed by atoms with Crippen molar-refractivity contribution >= 4 is 38.9 Å². The van der Waals surface area contributed by atoms with E-state index in [2.05, 4.69) is 15.3 Å². The molecule has 0 fully saturated rings. The normalized spacial score (nSPS) is 12.8. The van der Waals surface area contributed by atoms with Crippen LogP contribution in [0.25, 0.3) is 21.8 Å². The summed E-state index contributed by atoms with van der Waals surface area (Å²) in [6.07, 6.45) is 0.959. The van der Waals surface area contributed by atoms with Crippen molar-refractivity contribution in [3.63, 3.8) is 0 Å². The number of nitro benzene ring substituents is 1. The van der Waals surface area contributed by atoms with Crippen molar-refractivity contribution in [3.8, 4) is 5.75 Å². The van der Waals surface area contributed by atoms with E-state index in [-0.39, 0.29) is 10.6 Å². The number of pyridine rings is 1. The molecule has 140 valence electrons. The molecule has 0 radical (unpaired) electrons. The zero-order valence-corrected chi connectivity index (χ0v) is 15.5. The molecular weight excluding hydrogens is 346 g/mol. The van der Waals surface area contributed by atoms with Gasteiger partial charge >= 0.3 is 0 Å². The Balaban J connectivity index is 1.90. The van der Waals surface area contributed by atoms with Crippen molar-refractivity contribution in [2.45, 2.75) is 6.42 Å². The first-order chi connectivity index (χ1) is 13.0. The molecule has 2 heterocycles. The van der Waals surface area contributed by atoms with E-state index in [9.17, 15) is 10.1 Å². The topological polar surface area (TPSA) is 83.8 Å². The number of ether oxygens (including phenoxy) is 1. The van der Waals surface area contributed by atoms with Crippen molar-refractivity contribution in [1.82, 2.24) is 9.88 Å². The molecule has 27 heavy (non-hydrogen) atoms. The Bertz CT molecular complexity index is 1050. The molecule has 1 aromatic heterocycles. The zero-order valence-electron chi connectivity index (χ0n) is 15.5. The molecule has 1 N–H and O–H groups in total. The third-order valence-corrected chi connectivity index (χ3v) is 4.81. The molecule has 1 aliphatic rings. The lowest BCUT2D eigenvalue weighted by Crippen LogP contribution is -2.29. The zero-order chi connectivity index (χ0) is 19.1.